The third-order valence-corrected chi connectivity index (χ3v) is 0.566. The molecule has 0 saturated carbocycles. The van der Waals surface area contributed by atoms with Crippen molar-refractivity contribution in [3.8, 4) is 0 Å². The quantitative estimate of drug-likeness (QED) is 0.668. The lowest BCUT2D eigenvalue weighted by Crippen LogP contribution is -1.85. The number of aliphatic hydroxyl groups excluding tert-OH is 1. The number of pyridine rings is 1. The number of carboxylic acids is 1. The van der Waals surface area contributed by atoms with Crippen LogP contribution in [0.15, 0.2) is 30.6 Å². The van der Waals surface area contributed by atoms with E-state index in [1.807, 2.05) is 18.2 Å². The minimum Gasteiger partial charge on any atom is -0.481 e. The lowest BCUT2D eigenvalue weighted by molar-refractivity contribution is -0.134. The number of carboxylic acid groups (broad SMARTS) is 1. The van der Waals surface area contributed by atoms with Crippen molar-refractivity contribution in [3.63, 3.8) is 0 Å². The van der Waals surface area contributed by atoms with E-state index in [2.05, 4.69) is 4.98 Å². The highest BCUT2D eigenvalue weighted by Gasteiger charge is 1.69. The Morgan fingerprint density at radius 1 is 1.20 bits per heavy atom. The second-order valence-corrected chi connectivity index (χ2v) is 2.64. The molecule has 0 saturated heterocycles. The summed E-state index contributed by atoms with van der Waals surface area (Å²) in [7, 11) is 0. The molecule has 88 valence electrons. The Bertz CT molecular complexity index is 180. The van der Waals surface area contributed by atoms with Crippen LogP contribution in [0.1, 0.15) is 20.8 Å². The Morgan fingerprint density at radius 3 is 1.53 bits per heavy atom. The van der Waals surface area contributed by atoms with Crippen molar-refractivity contribution in [3.05, 3.63) is 30.6 Å². The Kier molecular flexibility index (Phi) is 19.2. The minimum absolute atomic E-state index is 0. The van der Waals surface area contributed by atoms with Gasteiger partial charge in [-0.2, -0.15) is 0 Å². The van der Waals surface area contributed by atoms with Crippen LogP contribution in [-0.2, 0) is 4.79 Å². The smallest absolute Gasteiger partial charge is 0.300 e. The van der Waals surface area contributed by atoms with E-state index >= 15 is 0 Å². The van der Waals surface area contributed by atoms with Gasteiger partial charge in [-0.25, -0.2) is 0 Å². The molecule has 0 atom stereocenters. The highest BCUT2D eigenvalue weighted by molar-refractivity contribution is 5.62. The van der Waals surface area contributed by atoms with Gasteiger partial charge < -0.3 is 15.7 Å². The van der Waals surface area contributed by atoms with Crippen molar-refractivity contribution < 1.29 is 20.5 Å². The lowest BCUT2D eigenvalue weighted by Gasteiger charge is -1.80. The standard InChI is InChI=1S/C5H5N.C3H8O.C2H4O2.H2O/c1-2-4-6-5-3-1;1-3(2)4;1-2(3)4;/h1-5H;3-4H,1-2H3;1H3,(H,3,4);1H2. The van der Waals surface area contributed by atoms with Crippen LogP contribution in [0, 0.1) is 0 Å². The number of aromatic nitrogens is 1. The van der Waals surface area contributed by atoms with Crippen LogP contribution in [-0.4, -0.2) is 32.7 Å². The van der Waals surface area contributed by atoms with Crippen LogP contribution < -0.4 is 0 Å². The van der Waals surface area contributed by atoms with Gasteiger partial charge in [0.2, 0.25) is 0 Å². The first-order valence-electron chi connectivity index (χ1n) is 4.19. The highest BCUT2D eigenvalue weighted by Crippen LogP contribution is 1.73. The number of aliphatic carboxylic acids is 1. The molecule has 4 N–H and O–H groups in total. The van der Waals surface area contributed by atoms with Crippen LogP contribution >= 0.6 is 0 Å². The van der Waals surface area contributed by atoms with E-state index in [-0.39, 0.29) is 11.6 Å². The predicted molar refractivity (Wildman–Crippen MR) is 58.5 cm³/mol. The molecule has 0 radical (unpaired) electrons. The van der Waals surface area contributed by atoms with Gasteiger partial charge in [0.25, 0.3) is 5.97 Å². The largest absolute Gasteiger partial charge is 0.481 e. The molecule has 1 aromatic heterocycles. The number of aliphatic hydroxyl groups is 1. The SMILES string of the molecule is CC(=O)O.CC(C)O.O.c1ccncc1. The molecule has 1 heterocycles. The van der Waals surface area contributed by atoms with Crippen molar-refractivity contribution in [2.75, 3.05) is 0 Å². The maximum Gasteiger partial charge on any atom is 0.300 e. The zero-order chi connectivity index (χ0) is 11.4. The number of rotatable bonds is 0. The summed E-state index contributed by atoms with van der Waals surface area (Å²) >= 11 is 0. The fourth-order valence-corrected chi connectivity index (χ4v) is 0.313. The molecule has 15 heavy (non-hydrogen) atoms. The summed E-state index contributed by atoms with van der Waals surface area (Å²) in [6.45, 7) is 4.53. The molecule has 0 aromatic carbocycles. The molecule has 0 unspecified atom stereocenters. The summed E-state index contributed by atoms with van der Waals surface area (Å²) in [4.78, 5) is 12.8. The van der Waals surface area contributed by atoms with E-state index in [0.29, 0.717) is 0 Å². The van der Waals surface area contributed by atoms with E-state index in [1.165, 1.54) is 0 Å². The van der Waals surface area contributed by atoms with Crippen LogP contribution in [0.4, 0.5) is 0 Å². The Morgan fingerprint density at radius 2 is 1.47 bits per heavy atom. The first kappa shape index (κ1) is 19.2. The number of hydrogen-bond acceptors (Lipinski definition) is 3. The highest BCUT2D eigenvalue weighted by atomic mass is 16.4. The molecular weight excluding hydrogens is 198 g/mol. The van der Waals surface area contributed by atoms with Crippen molar-refractivity contribution >= 4 is 5.97 Å². The van der Waals surface area contributed by atoms with Gasteiger partial charge in [0.15, 0.2) is 0 Å². The number of hydrogen-bond donors (Lipinski definition) is 2. The average molecular weight is 217 g/mol. The Balaban J connectivity index is -0.000000145. The first-order chi connectivity index (χ1) is 6.46. The van der Waals surface area contributed by atoms with E-state index in [0.717, 1.165) is 6.92 Å². The summed E-state index contributed by atoms with van der Waals surface area (Å²) in [6, 6.07) is 5.72. The summed E-state index contributed by atoms with van der Waals surface area (Å²) in [6.07, 6.45) is 3.33. The predicted octanol–water partition coefficient (Wildman–Crippen LogP) is 0.735. The Labute approximate surface area is 89.7 Å². The second kappa shape index (κ2) is 15.0. The van der Waals surface area contributed by atoms with Crippen molar-refractivity contribution in [2.45, 2.75) is 26.9 Å². The first-order valence-corrected chi connectivity index (χ1v) is 4.19. The van der Waals surface area contributed by atoms with Gasteiger partial charge >= 0.3 is 0 Å². The van der Waals surface area contributed by atoms with E-state index in [9.17, 15) is 0 Å². The Hall–Kier alpha value is -1.46. The maximum atomic E-state index is 9.00. The minimum atomic E-state index is -0.833. The fraction of sp³-hybridized carbons (Fsp3) is 0.400. The molecule has 5 nitrogen and oxygen atoms in total. The van der Waals surface area contributed by atoms with Crippen LogP contribution in [0.2, 0.25) is 0 Å². The summed E-state index contributed by atoms with van der Waals surface area (Å²) in [5.41, 5.74) is 0. The molecule has 0 aliphatic carbocycles. The fourth-order valence-electron chi connectivity index (χ4n) is 0.313. The van der Waals surface area contributed by atoms with Gasteiger partial charge in [-0.1, -0.05) is 6.07 Å². The van der Waals surface area contributed by atoms with Crippen LogP contribution in [0.5, 0.6) is 0 Å². The van der Waals surface area contributed by atoms with Crippen LogP contribution in [0.3, 0.4) is 0 Å². The normalized spacial score (nSPS) is 7.27. The van der Waals surface area contributed by atoms with Gasteiger partial charge in [-0.3, -0.25) is 9.78 Å². The van der Waals surface area contributed by atoms with Gasteiger partial charge in [-0.05, 0) is 26.0 Å². The van der Waals surface area contributed by atoms with Gasteiger partial charge in [0.1, 0.15) is 0 Å². The number of nitrogens with zero attached hydrogens (tertiary/aromatic N) is 1. The summed E-state index contributed by atoms with van der Waals surface area (Å²) < 4.78 is 0. The molecule has 5 heteroatoms. The molecule has 0 amide bonds. The zero-order valence-electron chi connectivity index (χ0n) is 9.21. The van der Waals surface area contributed by atoms with E-state index in [4.69, 9.17) is 15.0 Å². The average Bonchev–Trinajstić information content (AvgIpc) is 2.05. The molecule has 1 rings (SSSR count). The van der Waals surface area contributed by atoms with Crippen molar-refractivity contribution in [1.82, 2.24) is 4.98 Å². The van der Waals surface area contributed by atoms with Crippen molar-refractivity contribution in [1.29, 1.82) is 0 Å². The van der Waals surface area contributed by atoms with Crippen molar-refractivity contribution in [2.24, 2.45) is 0 Å². The number of carbonyl (C=O) groups is 1. The third-order valence-electron chi connectivity index (χ3n) is 0.566. The molecule has 0 aliphatic rings. The van der Waals surface area contributed by atoms with Gasteiger partial charge in [0, 0.05) is 25.4 Å². The summed E-state index contributed by atoms with van der Waals surface area (Å²) in [5, 5.41) is 15.5. The summed E-state index contributed by atoms with van der Waals surface area (Å²) in [5.74, 6) is -0.833. The van der Waals surface area contributed by atoms with Gasteiger partial charge in [-0.15, -0.1) is 0 Å². The topological polar surface area (TPSA) is 102 Å². The molecular formula is C10H19NO4. The zero-order valence-corrected chi connectivity index (χ0v) is 9.21. The molecule has 0 spiro atoms. The molecule has 0 bridgehead atoms. The van der Waals surface area contributed by atoms with Crippen LogP contribution in [0.25, 0.3) is 0 Å². The molecule has 0 aliphatic heterocycles. The molecule has 0 fully saturated rings. The maximum absolute atomic E-state index is 9.00. The van der Waals surface area contributed by atoms with E-state index in [1.54, 1.807) is 26.2 Å². The molecule has 1 aromatic rings. The van der Waals surface area contributed by atoms with Gasteiger partial charge in [0.05, 0.1) is 0 Å². The lowest BCUT2D eigenvalue weighted by atomic mass is 10.5. The van der Waals surface area contributed by atoms with E-state index < -0.39 is 5.97 Å². The second-order valence-electron chi connectivity index (χ2n) is 2.64. The third kappa shape index (κ3) is 67.6. The monoisotopic (exact) mass is 217 g/mol.